The van der Waals surface area contributed by atoms with Crippen molar-refractivity contribution in [1.82, 2.24) is 44.2 Å². The van der Waals surface area contributed by atoms with Gasteiger partial charge in [-0.25, -0.2) is 40.6 Å². The van der Waals surface area contributed by atoms with Crippen LogP contribution >= 0.6 is 23.4 Å². The molecule has 0 unspecified atom stereocenters. The first-order chi connectivity index (χ1) is 66.7. The van der Waals surface area contributed by atoms with E-state index in [0.29, 0.717) is 57.5 Å². The summed E-state index contributed by atoms with van der Waals surface area (Å²) in [6.45, 7) is 15.5. The van der Waals surface area contributed by atoms with Crippen molar-refractivity contribution in [1.29, 1.82) is 0 Å². The second-order valence-corrected chi connectivity index (χ2v) is 42.9. The van der Waals surface area contributed by atoms with Crippen LogP contribution in [0.2, 0.25) is 5.02 Å². The molecule has 5 N–H and O–H groups in total. The summed E-state index contributed by atoms with van der Waals surface area (Å²) in [6, 6.07) is 61.4. The minimum absolute atomic E-state index is 0. The minimum atomic E-state index is -3.58. The van der Waals surface area contributed by atoms with Gasteiger partial charge in [0.25, 0.3) is 0 Å². The van der Waals surface area contributed by atoms with E-state index in [2.05, 4.69) is 142 Å². The van der Waals surface area contributed by atoms with Crippen molar-refractivity contribution in [3.05, 3.63) is 290 Å². The van der Waals surface area contributed by atoms with Crippen LogP contribution in [0, 0.1) is 17.6 Å². The first-order valence-electron chi connectivity index (χ1n) is 47.2. The number of aryl methyl sites for hydroxylation is 1. The van der Waals surface area contributed by atoms with Gasteiger partial charge in [-0.3, -0.25) is 29.3 Å². The number of sulfone groups is 2. The molecule has 22 rings (SSSR count). The lowest BCUT2D eigenvalue weighted by molar-refractivity contribution is -0.256. The van der Waals surface area contributed by atoms with Crippen LogP contribution in [0.5, 0.6) is 5.88 Å². The quantitative estimate of drug-likeness (QED) is 0.0226. The smallest absolute Gasteiger partial charge is 0.227 e. The zero-order valence-corrected chi connectivity index (χ0v) is 81.2. The molecule has 1 amide bonds. The van der Waals surface area contributed by atoms with Crippen LogP contribution in [0.3, 0.4) is 0 Å². The number of nitrogens with zero attached hydrogens (tertiary/aromatic N) is 10. The number of aromatic amines is 1. The van der Waals surface area contributed by atoms with Gasteiger partial charge in [-0.2, -0.15) is 0 Å². The number of nitrogens with one attached hydrogen (secondary N) is 4. The number of piperazine rings is 1. The fourth-order valence-electron chi connectivity index (χ4n) is 20.2. The van der Waals surface area contributed by atoms with E-state index >= 15 is 4.39 Å². The normalized spacial score (nSPS) is 18.5. The number of amidine groups is 1. The lowest BCUT2D eigenvalue weighted by Crippen LogP contribution is -2.59. The number of hydrogen-bond acceptors (Lipinski definition) is 21. The van der Waals surface area contributed by atoms with Gasteiger partial charge in [0, 0.05) is 171 Å². The van der Waals surface area contributed by atoms with Crippen LogP contribution in [-0.2, 0) is 70.6 Å². The van der Waals surface area contributed by atoms with E-state index in [4.69, 9.17) is 36.0 Å². The van der Waals surface area contributed by atoms with Crippen molar-refractivity contribution in [3.63, 3.8) is 0 Å². The molecule has 718 valence electrons. The summed E-state index contributed by atoms with van der Waals surface area (Å²) < 4.78 is 96.7. The Morgan fingerprint density at radius 2 is 1.47 bits per heavy atom. The van der Waals surface area contributed by atoms with Crippen molar-refractivity contribution in [2.24, 2.45) is 15.9 Å². The van der Waals surface area contributed by atoms with Gasteiger partial charge in [-0.05, 0) is 210 Å². The number of benzene rings is 9. The number of carbonyl (C=O) groups is 3. The standard InChI is InChI=1S/C30H33N3O3S.C29H27N3O3.C25H20ClF2NO3S.C24H29N7OS.CH4/c1-2-37(35,36)21-23-13-16-27-26(19-23)28(30(34)32-27)29(24-9-5-3-6-10-24)31-25-14-11-22(12-15-25)20-33-17-7-4-8-18-33;1-29-28(34-3)18(30-2)14-22(35-29)31-19-10-6-4-8-15(19)25-24-17(12-13-21(24)33)23-16-9-5-7-11-20(16)32(29)27(23)26(25)31;1-2-11-33(31,32)14-16-5-9-21(27)23(24(16)28)25(30)19-8-10-22-20(19)12-17(13-29-22)15-3-6-18(26)7-4-15;1-16-13-20(25-15-16)27-21-14-22(31-11-9-30(2)10-12-31)29-24(28-21)33-19-7-5-18(6-8-19)26-23(32)17-3-4-17;/h3,5-6,9-16,19,32,34H,2,4,7-8,17-18,20-21H2,1H3;4-11,18,22,28,30H,12-14H2,1-3H3;3-9,12-13H,2,10-11,14H2,1H3;5-8,13-14,17H,3-4,9-12,15H2,1-2H3,(H,26,32)(H,25,27,28,29);1H4/t;18-,22+,28-,29-;;;/m.0.../s1. The number of rotatable bonds is 23. The Hall–Kier alpha value is -12.4. The maximum atomic E-state index is 15.2. The lowest BCUT2D eigenvalue weighted by atomic mass is 9.93. The fraction of sp³-hybridized carbons (Fsp3) is 0.321. The molecule has 1 saturated carbocycles. The van der Waals surface area contributed by atoms with Gasteiger partial charge in [0.2, 0.25) is 5.91 Å². The number of piperidine rings is 1. The van der Waals surface area contributed by atoms with E-state index in [9.17, 15) is 40.7 Å². The second-order valence-electron chi connectivity index (χ2n) is 36.9. The van der Waals surface area contributed by atoms with Crippen molar-refractivity contribution in [2.45, 2.75) is 152 Å². The molecule has 0 spiro atoms. The molecule has 139 heavy (non-hydrogen) atoms. The SMILES string of the molecule is C.CC1=CC(Nc2cc(N3CCN(C)CC3)nc(Sc3ccc(NC(=O)C4CC4)cc3)n2)=NC1.CCCS(=O)(=O)Cc1ccc(F)c(C(=O)C2=CCc3ncc(-c4ccc(Cl)cc4)cc32)c1F.CCS(=O)(=O)Cc1ccc2[nH]c(O)c(C(=Nc3ccc(CN4CCCCC4)cc3)c3ccccc3)c2c1.CN[C@H]1C[C@H]2O[C@@](C)([C@H]1OC)n1c3ccccc3c3c4c(c5c6ccccc6n2c5c31)C(=O)CC4. The van der Waals surface area contributed by atoms with Crippen molar-refractivity contribution in [3.8, 4) is 17.0 Å². The molecular weight excluding hydrogens is 1830 g/mol. The number of aromatic nitrogens is 6. The van der Waals surface area contributed by atoms with Crippen molar-refractivity contribution < 1.29 is 54.6 Å². The number of H-pyrrole nitrogens is 1. The number of Topliss-reactive ketones (excluding diaryl/α,β-unsaturated/α-hetero) is 2. The largest absolute Gasteiger partial charge is 0.494 e. The van der Waals surface area contributed by atoms with Crippen molar-refractivity contribution in [2.75, 3.05) is 94.1 Å². The number of carbonyl (C=O) groups excluding carboxylic acids is 3. The van der Waals surface area contributed by atoms with Crippen LogP contribution in [0.1, 0.15) is 158 Å². The van der Waals surface area contributed by atoms with E-state index in [0.717, 1.165) is 190 Å². The molecular formula is C109H113ClF2N14O10S3. The van der Waals surface area contributed by atoms with Crippen LogP contribution < -0.4 is 20.9 Å². The maximum Gasteiger partial charge on any atom is 0.227 e. The Labute approximate surface area is 817 Å². The maximum absolute atomic E-state index is 15.2. The average Bonchev–Trinajstić information content (AvgIpc) is 1.50. The number of ketones is 2. The van der Waals surface area contributed by atoms with Gasteiger partial charge in [-0.15, -0.1) is 0 Å². The molecule has 5 aliphatic heterocycles. The van der Waals surface area contributed by atoms with E-state index in [1.165, 1.54) is 58.5 Å². The highest BCUT2D eigenvalue weighted by Gasteiger charge is 2.53. The molecule has 3 aliphatic carbocycles. The molecule has 24 nitrogen and oxygen atoms in total. The van der Waals surface area contributed by atoms with Crippen LogP contribution in [-0.4, -0.2) is 181 Å². The molecule has 2 bridgehead atoms. The zero-order valence-electron chi connectivity index (χ0n) is 78.0. The molecule has 14 aromatic rings. The first kappa shape index (κ1) is 96.8. The summed E-state index contributed by atoms with van der Waals surface area (Å²) in [5, 5.41) is 27.4. The number of halogens is 3. The second kappa shape index (κ2) is 40.8. The summed E-state index contributed by atoms with van der Waals surface area (Å²) in [4.78, 5) is 73.4. The Morgan fingerprint density at radius 1 is 0.755 bits per heavy atom. The highest BCUT2D eigenvalue weighted by atomic mass is 35.5. The molecule has 3 saturated heterocycles. The molecule has 10 heterocycles. The van der Waals surface area contributed by atoms with E-state index in [-0.39, 0.29) is 77.7 Å². The number of pyridine rings is 1. The number of aromatic hydroxyl groups is 1. The molecule has 4 atom stereocenters. The summed E-state index contributed by atoms with van der Waals surface area (Å²) >= 11 is 7.47. The third kappa shape index (κ3) is 20.1. The highest BCUT2D eigenvalue weighted by Crippen LogP contribution is 2.55. The summed E-state index contributed by atoms with van der Waals surface area (Å²) in [6.07, 6.45) is 13.6. The molecule has 0 radical (unpaired) electrons. The molecule has 8 aliphatic rings. The van der Waals surface area contributed by atoms with Gasteiger partial charge in [0.05, 0.1) is 74.1 Å². The lowest BCUT2D eigenvalue weighted by Gasteiger charge is -2.48. The fourth-order valence-corrected chi connectivity index (χ4v) is 23.4. The predicted octanol–water partition coefficient (Wildman–Crippen LogP) is 21.2. The summed E-state index contributed by atoms with van der Waals surface area (Å²) in [5.74, 6) is -0.601. The first-order valence-corrected chi connectivity index (χ1v) is 52.0. The number of aliphatic imine (C=N–C) groups is 2. The molecule has 5 aromatic heterocycles. The number of likely N-dealkylation sites (N-methyl/N-ethyl adjacent to an activating group) is 2. The minimum Gasteiger partial charge on any atom is -0.494 e. The third-order valence-electron chi connectivity index (χ3n) is 27.2. The number of allylic oxidation sites excluding steroid dienone is 2. The predicted molar refractivity (Wildman–Crippen MR) is 552 cm³/mol. The Balaban J connectivity index is 0.000000123. The third-order valence-corrected chi connectivity index (χ3v) is 31.8. The van der Waals surface area contributed by atoms with Gasteiger partial charge in [-0.1, -0.05) is 149 Å². The summed E-state index contributed by atoms with van der Waals surface area (Å²) in [5.41, 5.74) is 15.3. The van der Waals surface area contributed by atoms with Gasteiger partial charge in [0.15, 0.2) is 48.0 Å². The number of anilines is 3. The van der Waals surface area contributed by atoms with Crippen LogP contribution in [0.4, 0.5) is 31.8 Å². The Kier molecular flexibility index (Phi) is 28.4. The van der Waals surface area contributed by atoms with E-state index < -0.39 is 54.1 Å². The zero-order chi connectivity index (χ0) is 96.0. The summed E-state index contributed by atoms with van der Waals surface area (Å²) in [7, 11) is -0.832. The van der Waals surface area contributed by atoms with Crippen LogP contribution in [0.15, 0.2) is 238 Å². The van der Waals surface area contributed by atoms with Gasteiger partial charge in [0.1, 0.15) is 41.4 Å². The molecule has 9 aromatic carbocycles. The molecule has 4 fully saturated rings. The number of amides is 1. The number of hydrogen-bond donors (Lipinski definition) is 5. The number of ether oxygens (including phenoxy) is 2. The number of fused-ring (bicyclic) bond motifs is 15. The topological polar surface area (TPSA) is 293 Å². The Bertz CT molecular complexity index is 7480. The van der Waals surface area contributed by atoms with E-state index in [1.54, 1.807) is 57.5 Å². The monoisotopic (exact) mass is 1950 g/mol. The molecule has 30 heteroatoms. The number of likely N-dealkylation sites (tertiary alicyclic amines) is 1. The Morgan fingerprint density at radius 3 is 2.17 bits per heavy atom. The van der Waals surface area contributed by atoms with E-state index in [1.807, 2.05) is 104 Å². The van der Waals surface area contributed by atoms with Crippen LogP contribution in [0.25, 0.3) is 71.2 Å². The number of methoxy groups -OCH3 is 1. The van der Waals surface area contributed by atoms with Gasteiger partial charge >= 0.3 is 0 Å². The number of para-hydroxylation sites is 2. The van der Waals surface area contributed by atoms with Crippen molar-refractivity contribution >= 4 is 155 Å². The van der Waals surface area contributed by atoms with Gasteiger partial charge < -0.3 is 54.4 Å². The highest BCUT2D eigenvalue weighted by molar-refractivity contribution is 7.99. The average molecular weight is 1950 g/mol.